The molecule has 1 aliphatic carbocycles. The monoisotopic (exact) mass is 448 g/mol. The molecule has 1 aliphatic rings. The van der Waals surface area contributed by atoms with Gasteiger partial charge in [-0.25, -0.2) is 4.99 Å². The normalized spacial score (nSPS) is 15.8. The van der Waals surface area contributed by atoms with Crippen LogP contribution in [0.1, 0.15) is 37.7 Å². The number of hydrogen-bond acceptors (Lipinski definition) is 3. The predicted octanol–water partition coefficient (Wildman–Crippen LogP) is 4.57. The highest BCUT2D eigenvalue weighted by Crippen LogP contribution is 2.25. The minimum atomic E-state index is -0.229. The molecule has 2 aromatic carbocycles. The van der Waals surface area contributed by atoms with Gasteiger partial charge in [0.15, 0.2) is 0 Å². The van der Waals surface area contributed by atoms with Gasteiger partial charge in [-0.3, -0.25) is 4.79 Å². The smallest absolute Gasteiger partial charge is 0.270 e. The van der Waals surface area contributed by atoms with Crippen LogP contribution >= 0.6 is 22.6 Å². The van der Waals surface area contributed by atoms with E-state index in [1.54, 1.807) is 24.3 Å². The number of aromatic hydroxyl groups is 1. The van der Waals surface area contributed by atoms with Crippen molar-refractivity contribution in [2.45, 2.75) is 38.1 Å². The third-order valence-electron chi connectivity index (χ3n) is 4.40. The molecule has 0 radical (unpaired) electrons. The molecule has 0 heterocycles. The Morgan fingerprint density at radius 3 is 2.44 bits per heavy atom. The molecule has 1 saturated carbocycles. The second kappa shape index (κ2) is 8.47. The summed E-state index contributed by atoms with van der Waals surface area (Å²) in [5.74, 6) is -0.168. The molecule has 0 aliphatic heterocycles. The number of carbonyl (C=O) groups is 1. The Morgan fingerprint density at radius 2 is 1.72 bits per heavy atom. The van der Waals surface area contributed by atoms with E-state index in [0.717, 1.165) is 34.9 Å². The first-order valence-electron chi connectivity index (χ1n) is 8.57. The van der Waals surface area contributed by atoms with Crippen LogP contribution in [0.25, 0.3) is 0 Å². The number of benzene rings is 2. The average Bonchev–Trinajstić information content (AvgIpc) is 2.63. The van der Waals surface area contributed by atoms with Crippen LogP contribution in [0.2, 0.25) is 0 Å². The number of amides is 1. The lowest BCUT2D eigenvalue weighted by Crippen LogP contribution is -2.40. The molecule has 0 saturated heterocycles. The summed E-state index contributed by atoms with van der Waals surface area (Å²) in [5.41, 5.74) is 1.43. The van der Waals surface area contributed by atoms with Crippen molar-refractivity contribution in [3.63, 3.8) is 0 Å². The summed E-state index contributed by atoms with van der Waals surface area (Å²) >= 11 is 2.20. The molecule has 4 nitrogen and oxygen atoms in total. The average molecular weight is 448 g/mol. The summed E-state index contributed by atoms with van der Waals surface area (Å²) in [6, 6.07) is 14.7. The maximum absolute atomic E-state index is 12.9. The Bertz CT molecular complexity index is 783. The first-order valence-corrected chi connectivity index (χ1v) is 9.65. The molecule has 2 aromatic rings. The fraction of sp³-hybridized carbons (Fsp3) is 0.300. The largest absolute Gasteiger partial charge is 0.507 e. The first-order chi connectivity index (χ1) is 12.1. The lowest BCUT2D eigenvalue weighted by atomic mass is 9.95. The molecule has 1 fully saturated rings. The number of rotatable bonds is 4. The van der Waals surface area contributed by atoms with Crippen molar-refractivity contribution < 1.29 is 9.90 Å². The van der Waals surface area contributed by atoms with E-state index in [1.807, 2.05) is 24.3 Å². The van der Waals surface area contributed by atoms with Crippen LogP contribution in [0, 0.1) is 3.57 Å². The molecule has 0 aromatic heterocycles. The van der Waals surface area contributed by atoms with Gasteiger partial charge in [0, 0.05) is 15.2 Å². The summed E-state index contributed by atoms with van der Waals surface area (Å²) in [6.07, 6.45) is 5.52. The number of hydrogen-bond donors (Lipinski definition) is 2. The van der Waals surface area contributed by atoms with E-state index < -0.39 is 0 Å². The number of phenols is 1. The van der Waals surface area contributed by atoms with Gasteiger partial charge in [0.2, 0.25) is 0 Å². The molecule has 0 spiro atoms. The minimum absolute atomic E-state index is 0.0611. The van der Waals surface area contributed by atoms with E-state index in [4.69, 9.17) is 0 Å². The van der Waals surface area contributed by atoms with Gasteiger partial charge < -0.3 is 10.4 Å². The zero-order valence-electron chi connectivity index (χ0n) is 13.9. The highest BCUT2D eigenvalue weighted by molar-refractivity contribution is 14.1. The molecule has 25 heavy (non-hydrogen) atoms. The summed E-state index contributed by atoms with van der Waals surface area (Å²) in [4.78, 5) is 17.5. The number of halogens is 1. The number of carbonyl (C=O) groups excluding carboxylic acids is 1. The van der Waals surface area contributed by atoms with Crippen LogP contribution in [-0.2, 0) is 4.79 Å². The maximum atomic E-state index is 12.9. The van der Waals surface area contributed by atoms with Gasteiger partial charge >= 0.3 is 0 Å². The van der Waals surface area contributed by atoms with Gasteiger partial charge in [0.05, 0.1) is 5.69 Å². The molecule has 5 heteroatoms. The van der Waals surface area contributed by atoms with Crippen molar-refractivity contribution in [3.8, 4) is 5.75 Å². The molecule has 2 N–H and O–H groups in total. The second-order valence-electron chi connectivity index (χ2n) is 6.24. The van der Waals surface area contributed by atoms with E-state index in [-0.39, 0.29) is 23.4 Å². The molecule has 0 unspecified atom stereocenters. The van der Waals surface area contributed by atoms with E-state index >= 15 is 0 Å². The molecular weight excluding hydrogens is 427 g/mol. The first kappa shape index (κ1) is 17.9. The van der Waals surface area contributed by atoms with Crippen molar-refractivity contribution in [1.29, 1.82) is 0 Å². The van der Waals surface area contributed by atoms with E-state index in [9.17, 15) is 9.90 Å². The minimum Gasteiger partial charge on any atom is -0.507 e. The number of nitrogens with zero attached hydrogens (tertiary/aromatic N) is 1. The molecule has 0 bridgehead atoms. The zero-order valence-corrected chi connectivity index (χ0v) is 16.1. The molecular formula is C20H21IN2O2. The highest BCUT2D eigenvalue weighted by atomic mass is 127. The van der Waals surface area contributed by atoms with Gasteiger partial charge in [-0.1, -0.05) is 43.5 Å². The summed E-state index contributed by atoms with van der Waals surface area (Å²) in [7, 11) is 0. The van der Waals surface area contributed by atoms with Crippen molar-refractivity contribution in [2.24, 2.45) is 4.99 Å². The fourth-order valence-electron chi connectivity index (χ4n) is 3.07. The topological polar surface area (TPSA) is 61.7 Å². The van der Waals surface area contributed by atoms with Crippen molar-refractivity contribution in [2.75, 3.05) is 0 Å². The third kappa shape index (κ3) is 4.60. The standard InChI is InChI=1S/C20H21IN2O2/c21-16-11-5-6-12-17(16)23-19(15-10-4-7-13-18(15)24)20(25)22-14-8-2-1-3-9-14/h4-7,10-14,24H,1-3,8-9H2,(H,22,25). The van der Waals surface area contributed by atoms with Crippen molar-refractivity contribution >= 4 is 39.9 Å². The third-order valence-corrected chi connectivity index (χ3v) is 5.31. The molecule has 130 valence electrons. The van der Waals surface area contributed by atoms with Crippen LogP contribution in [0.3, 0.4) is 0 Å². The number of aliphatic imine (C=N–C) groups is 1. The Labute approximate surface area is 161 Å². The van der Waals surface area contributed by atoms with E-state index in [2.05, 4.69) is 32.9 Å². The quantitative estimate of drug-likeness (QED) is 0.532. The second-order valence-corrected chi connectivity index (χ2v) is 7.40. The highest BCUT2D eigenvalue weighted by Gasteiger charge is 2.22. The van der Waals surface area contributed by atoms with E-state index in [1.165, 1.54) is 6.42 Å². The number of nitrogens with one attached hydrogen (secondary N) is 1. The number of para-hydroxylation sites is 2. The Balaban J connectivity index is 1.96. The Hall–Kier alpha value is -1.89. The number of phenolic OH excluding ortho intramolecular Hbond substituents is 1. The van der Waals surface area contributed by atoms with Gasteiger partial charge in [-0.15, -0.1) is 0 Å². The Kier molecular flexibility index (Phi) is 6.07. The van der Waals surface area contributed by atoms with Crippen molar-refractivity contribution in [1.82, 2.24) is 5.32 Å². The van der Waals surface area contributed by atoms with Gasteiger partial charge in [0.25, 0.3) is 5.91 Å². The molecule has 3 rings (SSSR count). The fourth-order valence-corrected chi connectivity index (χ4v) is 3.58. The lowest BCUT2D eigenvalue weighted by molar-refractivity contribution is -0.115. The predicted molar refractivity (Wildman–Crippen MR) is 108 cm³/mol. The van der Waals surface area contributed by atoms with Crippen LogP contribution in [0.5, 0.6) is 5.75 Å². The SMILES string of the molecule is O=C(NC1CCCCC1)C(=Nc1ccccc1I)c1ccccc1O. The maximum Gasteiger partial charge on any atom is 0.270 e. The summed E-state index contributed by atoms with van der Waals surface area (Å²) in [6.45, 7) is 0. The molecule has 1 amide bonds. The van der Waals surface area contributed by atoms with Gasteiger partial charge in [-0.2, -0.15) is 0 Å². The summed E-state index contributed by atoms with van der Waals surface area (Å²) in [5, 5.41) is 13.3. The van der Waals surface area contributed by atoms with Crippen LogP contribution in [0.4, 0.5) is 5.69 Å². The van der Waals surface area contributed by atoms with Gasteiger partial charge in [0.1, 0.15) is 11.5 Å². The van der Waals surface area contributed by atoms with Crippen molar-refractivity contribution in [3.05, 3.63) is 57.7 Å². The summed E-state index contributed by atoms with van der Waals surface area (Å²) < 4.78 is 0.957. The van der Waals surface area contributed by atoms with E-state index in [0.29, 0.717) is 5.56 Å². The van der Waals surface area contributed by atoms with Crippen LogP contribution < -0.4 is 5.32 Å². The van der Waals surface area contributed by atoms with Gasteiger partial charge in [-0.05, 0) is 59.7 Å². The zero-order chi connectivity index (χ0) is 17.6. The molecule has 0 atom stereocenters. The van der Waals surface area contributed by atoms with Crippen LogP contribution in [0.15, 0.2) is 53.5 Å². The Morgan fingerprint density at radius 1 is 1.04 bits per heavy atom. The lowest BCUT2D eigenvalue weighted by Gasteiger charge is -2.23. The van der Waals surface area contributed by atoms with Crippen LogP contribution in [-0.4, -0.2) is 22.8 Å².